The fourth-order valence-electron chi connectivity index (χ4n) is 3.73. The third-order valence-electron chi connectivity index (χ3n) is 4.33. The van der Waals surface area contributed by atoms with Gasteiger partial charge in [0, 0.05) is 18.6 Å². The summed E-state index contributed by atoms with van der Waals surface area (Å²) >= 11 is 0. The number of fused-ring (bicyclic) bond motifs is 3. The van der Waals surface area contributed by atoms with Crippen LogP contribution in [0.15, 0.2) is 0 Å². The molecule has 0 aromatic heterocycles. The molecule has 0 amide bonds. The quantitative estimate of drug-likeness (QED) is 0.584. The molecule has 4 atom stereocenters. The summed E-state index contributed by atoms with van der Waals surface area (Å²) in [5, 5.41) is 7.34. The molecule has 1 saturated carbocycles. The zero-order valence-electron chi connectivity index (χ0n) is 8.26. The highest BCUT2D eigenvalue weighted by Crippen LogP contribution is 2.39. The van der Waals surface area contributed by atoms with Gasteiger partial charge in [0.15, 0.2) is 0 Å². The van der Waals surface area contributed by atoms with E-state index in [9.17, 15) is 0 Å². The summed E-state index contributed by atoms with van der Waals surface area (Å²) in [7, 11) is 0. The van der Waals surface area contributed by atoms with E-state index >= 15 is 0 Å². The zero-order chi connectivity index (χ0) is 8.67. The van der Waals surface area contributed by atoms with Gasteiger partial charge in [-0.15, -0.1) is 0 Å². The van der Waals surface area contributed by atoms with E-state index in [0.29, 0.717) is 0 Å². The molecule has 4 unspecified atom stereocenters. The molecule has 0 aromatic carbocycles. The lowest BCUT2D eigenvalue weighted by Crippen LogP contribution is -2.44. The van der Waals surface area contributed by atoms with Crippen molar-refractivity contribution in [3.8, 4) is 0 Å². The van der Waals surface area contributed by atoms with Crippen LogP contribution in [-0.2, 0) is 0 Å². The smallest absolute Gasteiger partial charge is 0.0227 e. The number of hydrogen-bond donors (Lipinski definition) is 2. The van der Waals surface area contributed by atoms with Gasteiger partial charge in [-0.05, 0) is 37.6 Å². The lowest BCUT2D eigenvalue weighted by atomic mass is 9.76. The van der Waals surface area contributed by atoms with Crippen LogP contribution >= 0.6 is 0 Å². The average Bonchev–Trinajstić information content (AvgIpc) is 2.56. The Kier molecular flexibility index (Phi) is 2.06. The van der Waals surface area contributed by atoms with Crippen molar-refractivity contribution >= 4 is 0 Å². The summed E-state index contributed by atoms with van der Waals surface area (Å²) in [5.41, 5.74) is 0. The molecular formula is C11H20N2. The fourth-order valence-corrected chi connectivity index (χ4v) is 3.73. The van der Waals surface area contributed by atoms with Gasteiger partial charge >= 0.3 is 0 Å². The Hall–Kier alpha value is -0.0800. The largest absolute Gasteiger partial charge is 0.315 e. The van der Waals surface area contributed by atoms with Crippen molar-refractivity contribution in [3.63, 3.8) is 0 Å². The van der Waals surface area contributed by atoms with Gasteiger partial charge < -0.3 is 10.6 Å². The Balaban J connectivity index is 1.76. The third-order valence-corrected chi connectivity index (χ3v) is 4.33. The van der Waals surface area contributed by atoms with E-state index < -0.39 is 0 Å². The van der Waals surface area contributed by atoms with E-state index in [0.717, 1.165) is 23.9 Å². The van der Waals surface area contributed by atoms with Crippen molar-refractivity contribution < 1.29 is 0 Å². The second-order valence-electron chi connectivity index (χ2n) is 4.98. The van der Waals surface area contributed by atoms with E-state index in [1.807, 2.05) is 0 Å². The first-order valence-corrected chi connectivity index (χ1v) is 5.92. The first-order valence-electron chi connectivity index (χ1n) is 5.92. The average molecular weight is 180 g/mol. The van der Waals surface area contributed by atoms with E-state index in [-0.39, 0.29) is 0 Å². The maximum Gasteiger partial charge on any atom is 0.0227 e. The lowest BCUT2D eigenvalue weighted by molar-refractivity contribution is 0.239. The van der Waals surface area contributed by atoms with Crippen LogP contribution in [0.3, 0.4) is 0 Å². The lowest BCUT2D eigenvalue weighted by Gasteiger charge is -2.31. The van der Waals surface area contributed by atoms with E-state index in [1.54, 1.807) is 0 Å². The molecule has 2 heteroatoms. The molecule has 0 radical (unpaired) electrons. The first kappa shape index (κ1) is 8.25. The molecule has 1 aliphatic carbocycles. The Bertz CT molecular complexity index is 173. The van der Waals surface area contributed by atoms with Gasteiger partial charge in [-0.25, -0.2) is 0 Å². The molecule has 2 nitrogen and oxygen atoms in total. The van der Waals surface area contributed by atoms with Crippen molar-refractivity contribution in [2.45, 2.75) is 44.2 Å². The van der Waals surface area contributed by atoms with Gasteiger partial charge in [0.25, 0.3) is 0 Å². The molecule has 3 fully saturated rings. The molecule has 13 heavy (non-hydrogen) atoms. The highest BCUT2D eigenvalue weighted by molar-refractivity contribution is 5.01. The van der Waals surface area contributed by atoms with Gasteiger partial charge in [-0.1, -0.05) is 12.8 Å². The molecule has 0 bridgehead atoms. The Labute approximate surface area is 80.5 Å². The molecule has 2 aliphatic heterocycles. The minimum absolute atomic E-state index is 0.807. The van der Waals surface area contributed by atoms with Crippen molar-refractivity contribution in [3.05, 3.63) is 0 Å². The van der Waals surface area contributed by atoms with Crippen LogP contribution in [0.25, 0.3) is 0 Å². The number of rotatable bonds is 0. The number of hydrogen-bond acceptors (Lipinski definition) is 2. The van der Waals surface area contributed by atoms with Crippen LogP contribution in [0, 0.1) is 11.8 Å². The summed E-state index contributed by atoms with van der Waals surface area (Å²) in [4.78, 5) is 0. The van der Waals surface area contributed by atoms with Crippen LogP contribution in [0.4, 0.5) is 0 Å². The summed E-state index contributed by atoms with van der Waals surface area (Å²) in [6.07, 6.45) is 7.30. The second kappa shape index (κ2) is 3.25. The van der Waals surface area contributed by atoms with Gasteiger partial charge in [0.2, 0.25) is 0 Å². The number of piperidine rings is 1. The monoisotopic (exact) mass is 180 g/mol. The maximum atomic E-state index is 3.83. The molecule has 2 N–H and O–H groups in total. The standard InChI is InChI=1S/C11H20N2/c1-2-4-10-8(3-1)9-5-6-12-7-11(9)13-10/h8-13H,1-7H2. The SMILES string of the molecule is C1CCC2C(C1)NC1CNCCC12. The molecule has 2 saturated heterocycles. The minimum Gasteiger partial charge on any atom is -0.315 e. The van der Waals surface area contributed by atoms with Crippen LogP contribution in [0.1, 0.15) is 32.1 Å². The summed E-state index contributed by atoms with van der Waals surface area (Å²) in [5.74, 6) is 2.03. The van der Waals surface area contributed by atoms with Gasteiger partial charge in [-0.2, -0.15) is 0 Å². The normalized spacial score (nSPS) is 49.8. The minimum atomic E-state index is 0.807. The van der Waals surface area contributed by atoms with Crippen LogP contribution in [0.2, 0.25) is 0 Å². The van der Waals surface area contributed by atoms with Crippen molar-refractivity contribution in [1.82, 2.24) is 10.6 Å². The zero-order valence-corrected chi connectivity index (χ0v) is 8.26. The fraction of sp³-hybridized carbons (Fsp3) is 1.00. The Morgan fingerprint density at radius 2 is 1.69 bits per heavy atom. The second-order valence-corrected chi connectivity index (χ2v) is 4.98. The van der Waals surface area contributed by atoms with Crippen LogP contribution in [-0.4, -0.2) is 25.2 Å². The Morgan fingerprint density at radius 1 is 0.846 bits per heavy atom. The maximum absolute atomic E-state index is 3.83. The topological polar surface area (TPSA) is 24.1 Å². The molecular weight excluding hydrogens is 160 g/mol. The molecule has 3 rings (SSSR count). The van der Waals surface area contributed by atoms with Crippen LogP contribution < -0.4 is 10.6 Å². The molecule has 2 heterocycles. The number of nitrogens with one attached hydrogen (secondary N) is 2. The van der Waals surface area contributed by atoms with E-state index in [2.05, 4.69) is 10.6 Å². The molecule has 3 aliphatic rings. The summed E-state index contributed by atoms with van der Waals surface area (Å²) in [6, 6.07) is 1.69. The van der Waals surface area contributed by atoms with E-state index in [1.165, 1.54) is 45.2 Å². The summed E-state index contributed by atoms with van der Waals surface area (Å²) < 4.78 is 0. The van der Waals surface area contributed by atoms with Gasteiger partial charge in [0.05, 0.1) is 0 Å². The predicted molar refractivity (Wildman–Crippen MR) is 53.6 cm³/mol. The van der Waals surface area contributed by atoms with Crippen molar-refractivity contribution in [2.75, 3.05) is 13.1 Å². The Morgan fingerprint density at radius 3 is 2.69 bits per heavy atom. The van der Waals surface area contributed by atoms with Crippen molar-refractivity contribution in [1.29, 1.82) is 0 Å². The van der Waals surface area contributed by atoms with E-state index in [4.69, 9.17) is 0 Å². The molecule has 0 aromatic rings. The summed E-state index contributed by atoms with van der Waals surface area (Å²) in [6.45, 7) is 2.48. The molecule has 0 spiro atoms. The van der Waals surface area contributed by atoms with Crippen molar-refractivity contribution in [2.24, 2.45) is 11.8 Å². The first-order chi connectivity index (χ1) is 6.45. The highest BCUT2D eigenvalue weighted by Gasteiger charge is 2.43. The third kappa shape index (κ3) is 1.31. The highest BCUT2D eigenvalue weighted by atomic mass is 15.1. The van der Waals surface area contributed by atoms with Gasteiger partial charge in [0.1, 0.15) is 0 Å². The predicted octanol–water partition coefficient (Wildman–Crippen LogP) is 1.13. The van der Waals surface area contributed by atoms with Gasteiger partial charge in [-0.3, -0.25) is 0 Å². The molecule has 74 valence electrons. The van der Waals surface area contributed by atoms with Crippen LogP contribution in [0.5, 0.6) is 0 Å².